The van der Waals surface area contributed by atoms with E-state index < -0.39 is 23.4 Å². The van der Waals surface area contributed by atoms with Crippen LogP contribution >= 0.6 is 11.3 Å². The molecule has 4 N–H and O–H groups in total. The van der Waals surface area contributed by atoms with Crippen molar-refractivity contribution in [2.45, 2.75) is 6.92 Å². The van der Waals surface area contributed by atoms with Crippen molar-refractivity contribution in [3.63, 3.8) is 0 Å². The molecule has 0 saturated heterocycles. The number of hydrogen-bond donors (Lipinski definition) is 3. The maximum absolute atomic E-state index is 13.1. The molecule has 0 unspecified atom stereocenters. The van der Waals surface area contributed by atoms with Crippen molar-refractivity contribution in [3.8, 4) is 0 Å². The van der Waals surface area contributed by atoms with Gasteiger partial charge >= 0.3 is 0 Å². The van der Waals surface area contributed by atoms with Crippen LogP contribution < -0.4 is 16.4 Å². The molecule has 1 aromatic heterocycles. The number of aromatic nitrogens is 1. The van der Waals surface area contributed by atoms with Gasteiger partial charge in [0, 0.05) is 24.4 Å². The highest BCUT2D eigenvalue weighted by atomic mass is 32.1. The summed E-state index contributed by atoms with van der Waals surface area (Å²) in [5.74, 6) is -5.07. The quantitative estimate of drug-likeness (QED) is 0.758. The molecule has 0 aliphatic carbocycles. The van der Waals surface area contributed by atoms with Crippen LogP contribution in [-0.4, -0.2) is 17.4 Å². The number of halogens is 3. The molecule has 0 radical (unpaired) electrons. The minimum absolute atomic E-state index is 0.00324. The van der Waals surface area contributed by atoms with Gasteiger partial charge in [-0.15, -0.1) is 0 Å². The monoisotopic (exact) mass is 316 g/mol. The summed E-state index contributed by atoms with van der Waals surface area (Å²) in [6, 6.07) is 1.36. The van der Waals surface area contributed by atoms with Gasteiger partial charge in [-0.3, -0.25) is 4.79 Å². The van der Waals surface area contributed by atoms with E-state index >= 15 is 0 Å². The van der Waals surface area contributed by atoms with Crippen molar-refractivity contribution in [3.05, 3.63) is 34.5 Å². The summed E-state index contributed by atoms with van der Waals surface area (Å²) < 4.78 is 39.0. The maximum atomic E-state index is 13.1. The van der Waals surface area contributed by atoms with Crippen LogP contribution in [0.4, 0.5) is 29.8 Å². The Kier molecular flexibility index (Phi) is 4.32. The third-order valence-electron chi connectivity index (χ3n) is 2.43. The molecule has 1 heterocycles. The van der Waals surface area contributed by atoms with E-state index in [1.54, 1.807) is 0 Å². The normalized spacial score (nSPS) is 10.5. The summed E-state index contributed by atoms with van der Waals surface area (Å²) in [6.45, 7) is 2.45. The van der Waals surface area contributed by atoms with E-state index in [0.717, 1.165) is 11.3 Å². The van der Waals surface area contributed by atoms with Crippen LogP contribution in [0.3, 0.4) is 0 Å². The van der Waals surface area contributed by atoms with Crippen molar-refractivity contribution in [2.75, 3.05) is 22.9 Å². The number of hydrogen-bond acceptors (Lipinski definition) is 5. The van der Waals surface area contributed by atoms with E-state index in [0.29, 0.717) is 23.8 Å². The molecule has 5 nitrogen and oxygen atoms in total. The van der Waals surface area contributed by atoms with E-state index in [1.165, 1.54) is 0 Å². The molecule has 0 atom stereocenters. The molecular formula is C12H11F3N4OS. The number of anilines is 3. The average molecular weight is 316 g/mol. The third kappa shape index (κ3) is 3.24. The SMILES string of the molecule is CCNc1nc(N)c(C(=O)Nc2cc(F)c(F)c(F)c2)s1. The summed E-state index contributed by atoms with van der Waals surface area (Å²) >= 11 is 1.00. The molecule has 112 valence electrons. The minimum Gasteiger partial charge on any atom is -0.382 e. The molecule has 0 bridgehead atoms. The number of carbonyl (C=O) groups excluding carboxylic acids is 1. The number of benzene rings is 1. The van der Waals surface area contributed by atoms with E-state index in [2.05, 4.69) is 15.6 Å². The molecule has 1 amide bonds. The lowest BCUT2D eigenvalue weighted by atomic mass is 10.2. The van der Waals surface area contributed by atoms with Crippen LogP contribution in [0, 0.1) is 17.5 Å². The molecule has 0 fully saturated rings. The van der Waals surface area contributed by atoms with Crippen LogP contribution in [0.15, 0.2) is 12.1 Å². The standard InChI is InChI=1S/C12H11F3N4OS/c1-2-17-12-19-10(16)9(21-12)11(20)18-5-3-6(13)8(15)7(14)4-5/h3-4H,2,16H2,1H3,(H,17,19)(H,18,20). The third-order valence-corrected chi connectivity index (χ3v) is 3.46. The van der Waals surface area contributed by atoms with Gasteiger partial charge in [-0.1, -0.05) is 11.3 Å². The maximum Gasteiger partial charge on any atom is 0.269 e. The lowest BCUT2D eigenvalue weighted by Gasteiger charge is -2.05. The topological polar surface area (TPSA) is 80.0 Å². The van der Waals surface area contributed by atoms with E-state index in [1.807, 2.05) is 6.92 Å². The van der Waals surface area contributed by atoms with E-state index in [-0.39, 0.29) is 16.4 Å². The Morgan fingerprint density at radius 3 is 2.52 bits per heavy atom. The lowest BCUT2D eigenvalue weighted by molar-refractivity contribution is 0.103. The number of nitrogens with zero attached hydrogens (tertiary/aromatic N) is 1. The fraction of sp³-hybridized carbons (Fsp3) is 0.167. The number of carbonyl (C=O) groups is 1. The summed E-state index contributed by atoms with van der Waals surface area (Å²) in [7, 11) is 0. The zero-order chi connectivity index (χ0) is 15.6. The molecule has 2 rings (SSSR count). The molecule has 0 saturated carbocycles. The van der Waals surface area contributed by atoms with Crippen LogP contribution in [-0.2, 0) is 0 Å². The van der Waals surface area contributed by atoms with Gasteiger partial charge in [-0.25, -0.2) is 18.2 Å². The first-order valence-electron chi connectivity index (χ1n) is 5.88. The number of nitrogen functional groups attached to an aromatic ring is 1. The van der Waals surface area contributed by atoms with Gasteiger partial charge in [0.1, 0.15) is 10.7 Å². The highest BCUT2D eigenvalue weighted by molar-refractivity contribution is 7.18. The molecule has 0 spiro atoms. The number of thiazole rings is 1. The largest absolute Gasteiger partial charge is 0.382 e. The lowest BCUT2D eigenvalue weighted by Crippen LogP contribution is -2.13. The van der Waals surface area contributed by atoms with Crippen molar-refractivity contribution < 1.29 is 18.0 Å². The van der Waals surface area contributed by atoms with Gasteiger partial charge in [0.05, 0.1) is 0 Å². The minimum atomic E-state index is -1.60. The summed E-state index contributed by atoms with van der Waals surface area (Å²) in [4.78, 5) is 16.0. The predicted octanol–water partition coefficient (Wildman–Crippen LogP) is 2.83. The zero-order valence-corrected chi connectivity index (χ0v) is 11.7. The highest BCUT2D eigenvalue weighted by Crippen LogP contribution is 2.26. The molecule has 0 aliphatic rings. The average Bonchev–Trinajstić information content (AvgIpc) is 2.77. The Hall–Kier alpha value is -2.29. The number of amides is 1. The van der Waals surface area contributed by atoms with Crippen molar-refractivity contribution in [1.29, 1.82) is 0 Å². The van der Waals surface area contributed by atoms with Gasteiger partial charge in [-0.2, -0.15) is 0 Å². The van der Waals surface area contributed by atoms with Crippen LogP contribution in [0.1, 0.15) is 16.6 Å². The van der Waals surface area contributed by atoms with Gasteiger partial charge in [-0.05, 0) is 6.92 Å². The Morgan fingerprint density at radius 1 is 1.33 bits per heavy atom. The van der Waals surface area contributed by atoms with Crippen LogP contribution in [0.5, 0.6) is 0 Å². The molecule has 0 aliphatic heterocycles. The first-order chi connectivity index (χ1) is 9.92. The fourth-order valence-electron chi connectivity index (χ4n) is 1.54. The Labute approximate surface area is 122 Å². The van der Waals surface area contributed by atoms with E-state index in [4.69, 9.17) is 5.73 Å². The summed E-state index contributed by atoms with van der Waals surface area (Å²) in [5, 5.41) is 5.59. The molecule has 9 heteroatoms. The van der Waals surface area contributed by atoms with Gasteiger partial charge < -0.3 is 16.4 Å². The van der Waals surface area contributed by atoms with Gasteiger partial charge in [0.25, 0.3) is 5.91 Å². The predicted molar refractivity (Wildman–Crippen MR) is 75.0 cm³/mol. The molecule has 1 aromatic carbocycles. The van der Waals surface area contributed by atoms with Crippen molar-refractivity contribution in [1.82, 2.24) is 4.98 Å². The second-order valence-corrected chi connectivity index (χ2v) is 4.97. The number of rotatable bonds is 4. The van der Waals surface area contributed by atoms with Crippen LogP contribution in [0.2, 0.25) is 0 Å². The first-order valence-corrected chi connectivity index (χ1v) is 6.70. The molecular weight excluding hydrogens is 305 g/mol. The second-order valence-electron chi connectivity index (χ2n) is 3.97. The number of nitrogens with one attached hydrogen (secondary N) is 2. The smallest absolute Gasteiger partial charge is 0.269 e. The zero-order valence-electron chi connectivity index (χ0n) is 10.8. The van der Waals surface area contributed by atoms with Crippen molar-refractivity contribution in [2.24, 2.45) is 0 Å². The Balaban J connectivity index is 2.22. The summed E-state index contributed by atoms with van der Waals surface area (Å²) in [6.07, 6.45) is 0. The van der Waals surface area contributed by atoms with E-state index in [9.17, 15) is 18.0 Å². The summed E-state index contributed by atoms with van der Waals surface area (Å²) in [5.41, 5.74) is 5.39. The van der Waals surface area contributed by atoms with Gasteiger partial charge in [0.15, 0.2) is 22.6 Å². The molecule has 21 heavy (non-hydrogen) atoms. The first kappa shape index (κ1) is 15.1. The highest BCUT2D eigenvalue weighted by Gasteiger charge is 2.18. The van der Waals surface area contributed by atoms with Crippen molar-refractivity contribution >= 4 is 33.9 Å². The fourth-order valence-corrected chi connectivity index (χ4v) is 2.38. The van der Waals surface area contributed by atoms with Gasteiger partial charge in [0.2, 0.25) is 0 Å². The second kappa shape index (κ2) is 6.00. The Morgan fingerprint density at radius 2 is 1.95 bits per heavy atom. The number of nitrogens with two attached hydrogens (primary N) is 1. The molecule has 2 aromatic rings. The Bertz CT molecular complexity index is 666. The van der Waals surface area contributed by atoms with Crippen LogP contribution in [0.25, 0.3) is 0 Å².